The molecule has 0 unspecified atom stereocenters. The predicted molar refractivity (Wildman–Crippen MR) is 101 cm³/mol. The minimum atomic E-state index is -0.988. The van der Waals surface area contributed by atoms with Crippen LogP contribution in [-0.2, 0) is 9.47 Å². The van der Waals surface area contributed by atoms with Crippen LogP contribution in [0.25, 0.3) is 5.65 Å². The largest absolute Gasteiger partial charge is 0.443 e. The fourth-order valence-electron chi connectivity index (χ4n) is 1.82. The smallest absolute Gasteiger partial charge is 0.427 e. The van der Waals surface area contributed by atoms with Gasteiger partial charge in [0.15, 0.2) is 11.5 Å². The van der Waals surface area contributed by atoms with Gasteiger partial charge in [0.1, 0.15) is 11.2 Å². The van der Waals surface area contributed by atoms with Crippen molar-refractivity contribution in [3.8, 4) is 0 Å². The van der Waals surface area contributed by atoms with Crippen molar-refractivity contribution in [2.45, 2.75) is 52.7 Å². The molecule has 0 bridgehead atoms. The summed E-state index contributed by atoms with van der Waals surface area (Å²) in [5, 5.41) is 4.00. The number of nitrogens with zero attached hydrogens (tertiary/aromatic N) is 4. The molecular formula is C16H20FIN4O4. The highest BCUT2D eigenvalue weighted by molar-refractivity contribution is 14.1. The van der Waals surface area contributed by atoms with E-state index in [1.165, 1.54) is 6.07 Å². The van der Waals surface area contributed by atoms with Crippen LogP contribution in [0.15, 0.2) is 12.3 Å². The van der Waals surface area contributed by atoms with Crippen molar-refractivity contribution in [1.82, 2.24) is 14.6 Å². The molecule has 0 N–H and O–H groups in total. The van der Waals surface area contributed by atoms with Crippen LogP contribution in [0, 0.1) is 9.39 Å². The summed E-state index contributed by atoms with van der Waals surface area (Å²) in [6.45, 7) is 9.96. The number of hydrogen-bond donors (Lipinski definition) is 0. The maximum absolute atomic E-state index is 13.7. The van der Waals surface area contributed by atoms with Gasteiger partial charge >= 0.3 is 12.2 Å². The molecule has 0 spiro atoms. The number of hydrogen-bond acceptors (Lipinski definition) is 6. The van der Waals surface area contributed by atoms with E-state index in [2.05, 4.69) is 10.1 Å². The number of amides is 2. The van der Waals surface area contributed by atoms with Crippen molar-refractivity contribution in [2.75, 3.05) is 4.90 Å². The Morgan fingerprint density at radius 3 is 2.08 bits per heavy atom. The molecule has 2 aromatic rings. The first kappa shape index (κ1) is 20.3. The maximum atomic E-state index is 13.7. The van der Waals surface area contributed by atoms with Crippen LogP contribution in [0.4, 0.5) is 19.9 Å². The third-order valence-electron chi connectivity index (χ3n) is 2.72. The predicted octanol–water partition coefficient (Wildman–Crippen LogP) is 4.15. The van der Waals surface area contributed by atoms with Gasteiger partial charge in [0, 0.05) is 0 Å². The highest BCUT2D eigenvalue weighted by Gasteiger charge is 2.35. The second-order valence-corrected chi connectivity index (χ2v) is 8.64. The first-order valence-electron chi connectivity index (χ1n) is 7.74. The normalized spacial score (nSPS) is 12.2. The summed E-state index contributed by atoms with van der Waals surface area (Å²) in [7, 11) is 0. The van der Waals surface area contributed by atoms with Gasteiger partial charge < -0.3 is 9.47 Å². The molecule has 0 radical (unpaired) electrons. The Morgan fingerprint density at radius 1 is 1.12 bits per heavy atom. The van der Waals surface area contributed by atoms with Crippen LogP contribution >= 0.6 is 22.6 Å². The summed E-state index contributed by atoms with van der Waals surface area (Å²) in [6.07, 6.45) is -0.869. The van der Waals surface area contributed by atoms with Gasteiger partial charge in [-0.25, -0.2) is 18.5 Å². The van der Waals surface area contributed by atoms with Gasteiger partial charge in [0.25, 0.3) is 5.95 Å². The van der Waals surface area contributed by atoms with Gasteiger partial charge in [0.05, 0.1) is 9.77 Å². The third kappa shape index (κ3) is 5.02. The molecule has 26 heavy (non-hydrogen) atoms. The van der Waals surface area contributed by atoms with Crippen molar-refractivity contribution < 1.29 is 23.5 Å². The van der Waals surface area contributed by atoms with Crippen LogP contribution in [0.1, 0.15) is 41.5 Å². The molecule has 2 rings (SSSR count). The summed E-state index contributed by atoms with van der Waals surface area (Å²) >= 11 is 1.81. The Hall–Kier alpha value is -1.98. The van der Waals surface area contributed by atoms with E-state index in [1.54, 1.807) is 41.5 Å². The van der Waals surface area contributed by atoms with E-state index < -0.39 is 29.2 Å². The number of fused-ring (bicyclic) bond motifs is 1. The molecule has 10 heteroatoms. The summed E-state index contributed by atoms with van der Waals surface area (Å²) in [6, 6.07) is 1.44. The number of carbonyl (C=O) groups is 2. The van der Waals surface area contributed by atoms with E-state index in [0.717, 1.165) is 10.7 Å². The van der Waals surface area contributed by atoms with Gasteiger partial charge in [-0.3, -0.25) is 0 Å². The summed E-state index contributed by atoms with van der Waals surface area (Å²) in [5.74, 6) is -0.773. The second-order valence-electron chi connectivity index (χ2n) is 7.48. The molecule has 2 heterocycles. The monoisotopic (exact) mass is 478 g/mol. The Labute approximate surface area is 163 Å². The average Bonchev–Trinajstić information content (AvgIpc) is 2.77. The van der Waals surface area contributed by atoms with E-state index in [1.807, 2.05) is 22.6 Å². The van der Waals surface area contributed by atoms with Gasteiger partial charge in [0.2, 0.25) is 0 Å². The van der Waals surface area contributed by atoms with Crippen molar-refractivity contribution in [3.05, 3.63) is 21.7 Å². The van der Waals surface area contributed by atoms with Crippen molar-refractivity contribution >= 4 is 46.4 Å². The van der Waals surface area contributed by atoms with E-state index >= 15 is 0 Å². The molecule has 0 aromatic carbocycles. The van der Waals surface area contributed by atoms with E-state index in [0.29, 0.717) is 8.47 Å². The lowest BCUT2D eigenvalue weighted by atomic mass is 10.2. The summed E-state index contributed by atoms with van der Waals surface area (Å²) in [4.78, 5) is 29.8. The lowest BCUT2D eigenvalue weighted by molar-refractivity contribution is 0.0427. The Balaban J connectivity index is 2.49. The molecule has 8 nitrogen and oxygen atoms in total. The van der Waals surface area contributed by atoms with E-state index in [4.69, 9.17) is 9.47 Å². The first-order chi connectivity index (χ1) is 11.8. The summed E-state index contributed by atoms with van der Waals surface area (Å²) in [5.41, 5.74) is -1.43. The zero-order chi connectivity index (χ0) is 19.9. The zero-order valence-corrected chi connectivity index (χ0v) is 17.5. The average molecular weight is 478 g/mol. The minimum Gasteiger partial charge on any atom is -0.443 e. The van der Waals surface area contributed by atoms with Crippen LogP contribution in [0.2, 0.25) is 0 Å². The zero-order valence-electron chi connectivity index (χ0n) is 15.3. The van der Waals surface area contributed by atoms with Gasteiger partial charge in [-0.15, -0.1) is 10.00 Å². The van der Waals surface area contributed by atoms with E-state index in [9.17, 15) is 14.0 Å². The molecule has 0 aliphatic rings. The number of anilines is 1. The molecule has 2 aromatic heterocycles. The van der Waals surface area contributed by atoms with Crippen LogP contribution in [0.3, 0.4) is 0 Å². The maximum Gasteiger partial charge on any atom is 0.427 e. The van der Waals surface area contributed by atoms with Crippen LogP contribution in [0.5, 0.6) is 0 Å². The van der Waals surface area contributed by atoms with Gasteiger partial charge in [-0.05, 0) is 70.2 Å². The van der Waals surface area contributed by atoms with Crippen molar-refractivity contribution in [1.29, 1.82) is 0 Å². The number of aromatic nitrogens is 3. The topological polar surface area (TPSA) is 86.0 Å². The fraction of sp³-hybridized carbons (Fsp3) is 0.500. The van der Waals surface area contributed by atoms with Gasteiger partial charge in [-0.2, -0.15) is 4.98 Å². The van der Waals surface area contributed by atoms with Crippen molar-refractivity contribution in [3.63, 3.8) is 0 Å². The van der Waals surface area contributed by atoms with E-state index in [-0.39, 0.29) is 11.6 Å². The highest BCUT2D eigenvalue weighted by atomic mass is 127. The van der Waals surface area contributed by atoms with Crippen LogP contribution in [-0.4, -0.2) is 38.0 Å². The van der Waals surface area contributed by atoms with Gasteiger partial charge in [-0.1, -0.05) is 0 Å². The standard InChI is InChI=1S/C16H20FIN4O4/c1-15(2,3)25-13(23)22(14(24)26-16(4,5)6)12-19-11-7-10(18)9(17)8-21(11)20-12/h7-8H,1-6H3. The fourth-order valence-corrected chi connectivity index (χ4v) is 2.23. The molecule has 0 aliphatic heterocycles. The number of carbonyl (C=O) groups excluding carboxylic acids is 2. The number of rotatable bonds is 1. The molecule has 142 valence electrons. The summed E-state index contributed by atoms with van der Waals surface area (Å²) < 4.78 is 25.7. The third-order valence-corrected chi connectivity index (χ3v) is 3.54. The molecule has 0 atom stereocenters. The SMILES string of the molecule is CC(C)(C)OC(=O)N(C(=O)OC(C)(C)C)c1nc2cc(I)c(F)cn2n1. The Morgan fingerprint density at radius 2 is 1.62 bits per heavy atom. The molecule has 0 fully saturated rings. The van der Waals surface area contributed by atoms with Crippen LogP contribution < -0.4 is 4.90 Å². The molecular weight excluding hydrogens is 458 g/mol. The molecule has 0 saturated heterocycles. The molecule has 0 aliphatic carbocycles. The lowest BCUT2D eigenvalue weighted by Gasteiger charge is -2.26. The number of halogens is 2. The minimum absolute atomic E-state index is 0.267. The Bertz CT molecular complexity index is 787. The number of imide groups is 1. The highest BCUT2D eigenvalue weighted by Crippen LogP contribution is 2.21. The van der Waals surface area contributed by atoms with Crippen molar-refractivity contribution in [2.24, 2.45) is 0 Å². The number of ether oxygens (including phenoxy) is 2. The molecule has 0 saturated carbocycles. The quantitative estimate of drug-likeness (QED) is 0.573. The first-order valence-corrected chi connectivity index (χ1v) is 8.82. The number of pyridine rings is 1. The lowest BCUT2D eigenvalue weighted by Crippen LogP contribution is -2.44. The second kappa shape index (κ2) is 6.97. The Kier molecular flexibility index (Phi) is 5.45. The molecule has 2 amide bonds.